The van der Waals surface area contributed by atoms with E-state index in [4.69, 9.17) is 18.9 Å². The molecule has 0 spiro atoms. The van der Waals surface area contributed by atoms with Gasteiger partial charge in [0.05, 0.1) is 6.61 Å². The Morgan fingerprint density at radius 2 is 1.20 bits per heavy atom. The van der Waals surface area contributed by atoms with Crippen molar-refractivity contribution in [3.63, 3.8) is 0 Å². The Kier molecular flexibility index (Phi) is 24.2. The topological polar surface area (TPSA) is 252 Å². The number of benzene rings is 2. The van der Waals surface area contributed by atoms with Crippen LogP contribution in [0.5, 0.6) is 0 Å². The third-order valence-electron chi connectivity index (χ3n) is 11.6. The van der Waals surface area contributed by atoms with Crippen molar-refractivity contribution in [3.8, 4) is 0 Å². The van der Waals surface area contributed by atoms with Crippen molar-refractivity contribution < 1.29 is 57.3 Å². The van der Waals surface area contributed by atoms with Gasteiger partial charge in [-0.05, 0) is 125 Å². The maximum Gasteiger partial charge on any atom is 0.408 e. The van der Waals surface area contributed by atoms with Gasteiger partial charge in [0, 0.05) is 51.6 Å². The summed E-state index contributed by atoms with van der Waals surface area (Å²) in [6.07, 6.45) is -0.912. The number of hydrogen-bond acceptors (Lipinski definition) is 12. The van der Waals surface area contributed by atoms with Crippen molar-refractivity contribution in [3.05, 3.63) is 71.8 Å². The van der Waals surface area contributed by atoms with Crippen molar-refractivity contribution in [1.29, 1.82) is 0 Å². The fraction of sp³-hybridized carbons (Fsp3) is 0.636. The van der Waals surface area contributed by atoms with Crippen LogP contribution in [0.1, 0.15) is 140 Å². The highest BCUT2D eigenvalue weighted by atomic mass is 16.6. The molecule has 2 aromatic rings. The highest BCUT2D eigenvalue weighted by Crippen LogP contribution is 2.30. The minimum Gasteiger partial charge on any atom is -0.464 e. The SMILES string of the molecule is CCOC(=O)C1(NC(=O)OC(C)(C)C)CCN(C(=O)[C@@H](CCCCNC(=O)OC(C)(C)C)NC(=O)[C@@H](CC(C)C)NC(=O)[C@@H](Cc2ccccc2)NC(=O)N(CCNC(=O)OC(C)(C)C)Cc2ccccc2)C(C)C1. The Hall–Kier alpha value is -6.60. The van der Waals surface area contributed by atoms with Gasteiger partial charge in [-0.25, -0.2) is 24.0 Å². The molecule has 8 amide bonds. The van der Waals surface area contributed by atoms with Crippen LogP contribution >= 0.6 is 0 Å². The molecule has 1 heterocycles. The molecule has 6 N–H and O–H groups in total. The van der Waals surface area contributed by atoms with E-state index in [1.807, 2.05) is 74.5 Å². The fourth-order valence-corrected chi connectivity index (χ4v) is 8.34. The Bertz CT molecular complexity index is 2190. The van der Waals surface area contributed by atoms with Crippen LogP contribution in [-0.4, -0.2) is 137 Å². The van der Waals surface area contributed by atoms with E-state index in [1.165, 1.54) is 4.90 Å². The smallest absolute Gasteiger partial charge is 0.408 e. The number of piperidine rings is 1. The molecule has 0 radical (unpaired) electrons. The molecule has 75 heavy (non-hydrogen) atoms. The predicted molar refractivity (Wildman–Crippen MR) is 284 cm³/mol. The molecule has 1 aliphatic rings. The Morgan fingerprint density at radius 3 is 1.73 bits per heavy atom. The molecule has 2 unspecified atom stereocenters. The summed E-state index contributed by atoms with van der Waals surface area (Å²) >= 11 is 0. The third-order valence-corrected chi connectivity index (χ3v) is 11.6. The van der Waals surface area contributed by atoms with E-state index in [1.54, 1.807) is 81.1 Å². The van der Waals surface area contributed by atoms with Crippen LogP contribution in [0.4, 0.5) is 19.2 Å². The Labute approximate surface area is 444 Å². The number of likely N-dealkylation sites (tertiary alicyclic amines) is 1. The maximum atomic E-state index is 14.8. The van der Waals surface area contributed by atoms with E-state index in [0.717, 1.165) is 11.1 Å². The second-order valence-electron chi connectivity index (χ2n) is 22.5. The first kappa shape index (κ1) is 62.7. The number of esters is 1. The predicted octanol–water partition coefficient (Wildman–Crippen LogP) is 6.88. The van der Waals surface area contributed by atoms with E-state index >= 15 is 0 Å². The molecular weight excluding hydrogens is 965 g/mol. The van der Waals surface area contributed by atoms with Crippen molar-refractivity contribution in [2.75, 3.05) is 32.8 Å². The number of urea groups is 1. The number of nitrogens with one attached hydrogen (secondary N) is 6. The molecule has 20 nitrogen and oxygen atoms in total. The van der Waals surface area contributed by atoms with Crippen LogP contribution in [0, 0.1) is 5.92 Å². The van der Waals surface area contributed by atoms with E-state index in [0.29, 0.717) is 12.8 Å². The van der Waals surface area contributed by atoms with Crippen molar-refractivity contribution >= 4 is 48.0 Å². The van der Waals surface area contributed by atoms with Crippen molar-refractivity contribution in [2.45, 2.75) is 188 Å². The summed E-state index contributed by atoms with van der Waals surface area (Å²) in [6.45, 7) is 23.3. The van der Waals surface area contributed by atoms with E-state index in [9.17, 15) is 38.4 Å². The van der Waals surface area contributed by atoms with Gasteiger partial charge in [-0.2, -0.15) is 0 Å². The Balaban J connectivity index is 1.94. The second-order valence-corrected chi connectivity index (χ2v) is 22.5. The van der Waals surface area contributed by atoms with Gasteiger partial charge in [-0.15, -0.1) is 0 Å². The molecule has 3 rings (SSSR count). The van der Waals surface area contributed by atoms with E-state index < -0.39 is 94.5 Å². The lowest BCUT2D eigenvalue weighted by molar-refractivity contribution is -0.157. The van der Waals surface area contributed by atoms with Gasteiger partial charge in [0.2, 0.25) is 17.7 Å². The summed E-state index contributed by atoms with van der Waals surface area (Å²) in [5, 5.41) is 16.9. The van der Waals surface area contributed by atoms with Crippen molar-refractivity contribution in [2.24, 2.45) is 5.92 Å². The van der Waals surface area contributed by atoms with Gasteiger partial charge in [-0.1, -0.05) is 74.5 Å². The molecule has 2 aromatic carbocycles. The van der Waals surface area contributed by atoms with Crippen LogP contribution in [0.3, 0.4) is 0 Å². The Morgan fingerprint density at radius 1 is 0.680 bits per heavy atom. The molecule has 20 heteroatoms. The summed E-state index contributed by atoms with van der Waals surface area (Å²) in [7, 11) is 0. The van der Waals surface area contributed by atoms with Crippen LogP contribution in [-0.2, 0) is 51.1 Å². The molecule has 0 aromatic heterocycles. The lowest BCUT2D eigenvalue weighted by Crippen LogP contribution is -2.65. The zero-order valence-electron chi connectivity index (χ0n) is 46.6. The standard InChI is InChI=1S/C55H86N8O12/c1-14-72-47(67)55(61-51(71)75-54(11,12)13)28-31-63(38(4)35-55)46(66)41(27-21-22-29-56-49(69)73-52(5,6)7)58-44(64)42(33-37(2)3)59-45(65)43(34-39-23-17-15-18-24-39)60-48(68)62(36-40-25-19-16-20-26-40)32-30-57-50(70)74-53(8,9)10/h15-20,23-26,37-38,41-43H,14,21-22,27-36H2,1-13H3,(H,56,69)(H,57,70)(H,58,64)(H,59,65)(H,60,68)(H,61,71)/t38?,41-,42-,43-,55?/m1/s1. The van der Waals surface area contributed by atoms with Crippen LogP contribution in [0.2, 0.25) is 0 Å². The van der Waals surface area contributed by atoms with Gasteiger partial charge < -0.3 is 60.6 Å². The zero-order chi connectivity index (χ0) is 56.1. The van der Waals surface area contributed by atoms with Crippen LogP contribution < -0.4 is 31.9 Å². The number of rotatable bonds is 23. The number of amides is 8. The van der Waals surface area contributed by atoms with Gasteiger partial charge >= 0.3 is 30.3 Å². The first-order chi connectivity index (χ1) is 35.0. The summed E-state index contributed by atoms with van der Waals surface area (Å²) in [5.41, 5.74) is -2.26. The van der Waals surface area contributed by atoms with Gasteiger partial charge in [0.25, 0.3) is 0 Å². The minimum atomic E-state index is -1.51. The highest BCUT2D eigenvalue weighted by Gasteiger charge is 2.49. The largest absolute Gasteiger partial charge is 0.464 e. The average Bonchev–Trinajstić information content (AvgIpc) is 3.28. The number of carbonyl (C=O) groups is 8. The number of alkyl carbamates (subject to hydrolysis) is 3. The molecule has 0 bridgehead atoms. The lowest BCUT2D eigenvalue weighted by atomic mass is 9.83. The molecule has 1 aliphatic heterocycles. The van der Waals surface area contributed by atoms with Crippen molar-refractivity contribution in [1.82, 2.24) is 41.7 Å². The molecule has 0 saturated carbocycles. The van der Waals surface area contributed by atoms with E-state index in [2.05, 4.69) is 31.9 Å². The first-order valence-corrected chi connectivity index (χ1v) is 26.2. The molecular formula is C55H86N8O12. The number of hydrogen-bond donors (Lipinski definition) is 6. The lowest BCUT2D eigenvalue weighted by Gasteiger charge is -2.45. The summed E-state index contributed by atoms with van der Waals surface area (Å²) < 4.78 is 21.7. The number of ether oxygens (including phenoxy) is 4. The summed E-state index contributed by atoms with van der Waals surface area (Å²) in [4.78, 5) is 113. The molecule has 0 aliphatic carbocycles. The van der Waals surface area contributed by atoms with Crippen LogP contribution in [0.15, 0.2) is 60.7 Å². The number of unbranched alkanes of at least 4 members (excludes halogenated alkanes) is 1. The number of nitrogens with zero attached hydrogens (tertiary/aromatic N) is 2. The second kappa shape index (κ2) is 28.9. The summed E-state index contributed by atoms with van der Waals surface area (Å²) in [5.74, 6) is -2.51. The minimum absolute atomic E-state index is 0.00651. The third kappa shape index (κ3) is 23.2. The molecule has 418 valence electrons. The normalized spacial score (nSPS) is 17.0. The monoisotopic (exact) mass is 1050 g/mol. The molecule has 5 atom stereocenters. The summed E-state index contributed by atoms with van der Waals surface area (Å²) in [6, 6.07) is 13.6. The average molecular weight is 1050 g/mol. The van der Waals surface area contributed by atoms with Gasteiger partial charge in [0.1, 0.15) is 40.5 Å². The van der Waals surface area contributed by atoms with Gasteiger partial charge in [-0.3, -0.25) is 14.4 Å². The molecule has 1 saturated heterocycles. The first-order valence-electron chi connectivity index (χ1n) is 26.2. The zero-order valence-corrected chi connectivity index (χ0v) is 46.6. The molecule has 1 fully saturated rings. The fourth-order valence-electron chi connectivity index (χ4n) is 8.34. The highest BCUT2D eigenvalue weighted by molar-refractivity contribution is 5.94. The van der Waals surface area contributed by atoms with Gasteiger partial charge in [0.15, 0.2) is 0 Å². The maximum absolute atomic E-state index is 14.8. The van der Waals surface area contributed by atoms with E-state index in [-0.39, 0.29) is 77.4 Å². The van der Waals surface area contributed by atoms with Crippen LogP contribution in [0.25, 0.3) is 0 Å². The quantitative estimate of drug-likeness (QED) is 0.0379. The number of carbonyl (C=O) groups excluding carboxylic acids is 8.